The van der Waals surface area contributed by atoms with E-state index in [1.54, 1.807) is 6.07 Å². The molecule has 126 valence electrons. The molecule has 1 aliphatic heterocycles. The van der Waals surface area contributed by atoms with E-state index >= 15 is 0 Å². The first-order chi connectivity index (χ1) is 11.6. The first kappa shape index (κ1) is 15.6. The molecule has 2 saturated carbocycles. The number of rotatable bonds is 2. The third-order valence-corrected chi connectivity index (χ3v) is 6.06. The second-order valence-electron chi connectivity index (χ2n) is 7.39. The average Bonchev–Trinajstić information content (AvgIpc) is 3.12. The Balaban J connectivity index is 1.35. The summed E-state index contributed by atoms with van der Waals surface area (Å²) in [5.74, 6) is 1.25. The minimum Gasteiger partial charge on any atom is -0.369 e. The molecule has 1 aromatic rings. The summed E-state index contributed by atoms with van der Waals surface area (Å²) in [7, 11) is 0. The number of carbonyl (C=O) groups excluding carboxylic acids is 1. The van der Waals surface area contributed by atoms with Crippen LogP contribution in [0.1, 0.15) is 31.2 Å². The number of benzene rings is 1. The van der Waals surface area contributed by atoms with E-state index in [4.69, 9.17) is 5.26 Å². The van der Waals surface area contributed by atoms with Crippen molar-refractivity contribution in [2.24, 2.45) is 11.8 Å². The SMILES string of the molecule is N#Cc1ccc(N2CCN([C@H]3C[C@H]4CC(=O)C[C@H]4C3)CC2)cc1F. The number of hydrogen-bond acceptors (Lipinski definition) is 4. The Bertz CT molecular complexity index is 674. The van der Waals surface area contributed by atoms with E-state index in [1.165, 1.54) is 18.9 Å². The summed E-state index contributed by atoms with van der Waals surface area (Å²) in [6, 6.07) is 7.35. The van der Waals surface area contributed by atoms with Crippen LogP contribution in [0.15, 0.2) is 18.2 Å². The van der Waals surface area contributed by atoms with Crippen LogP contribution in [-0.2, 0) is 4.79 Å². The zero-order valence-electron chi connectivity index (χ0n) is 13.7. The van der Waals surface area contributed by atoms with Gasteiger partial charge >= 0.3 is 0 Å². The van der Waals surface area contributed by atoms with E-state index in [1.807, 2.05) is 12.1 Å². The second-order valence-corrected chi connectivity index (χ2v) is 7.39. The Morgan fingerprint density at radius 2 is 1.75 bits per heavy atom. The highest BCUT2D eigenvalue weighted by Gasteiger charge is 2.43. The predicted molar refractivity (Wildman–Crippen MR) is 89.1 cm³/mol. The molecular formula is C19H22FN3O. The van der Waals surface area contributed by atoms with Gasteiger partial charge in [0.1, 0.15) is 17.7 Å². The largest absolute Gasteiger partial charge is 0.369 e. The fraction of sp³-hybridized carbons (Fsp3) is 0.579. The molecule has 0 N–H and O–H groups in total. The number of fused-ring (bicyclic) bond motifs is 1. The predicted octanol–water partition coefficient (Wildman–Crippen LogP) is 2.58. The van der Waals surface area contributed by atoms with Crippen molar-refractivity contribution >= 4 is 11.5 Å². The third kappa shape index (κ3) is 2.80. The van der Waals surface area contributed by atoms with Gasteiger partial charge in [-0.25, -0.2) is 4.39 Å². The first-order valence-corrected chi connectivity index (χ1v) is 8.84. The third-order valence-electron chi connectivity index (χ3n) is 6.06. The monoisotopic (exact) mass is 327 g/mol. The minimum absolute atomic E-state index is 0.101. The highest BCUT2D eigenvalue weighted by atomic mass is 19.1. The van der Waals surface area contributed by atoms with Crippen LogP contribution in [0.5, 0.6) is 0 Å². The molecule has 0 aromatic heterocycles. The molecule has 0 amide bonds. The zero-order valence-corrected chi connectivity index (χ0v) is 13.7. The number of halogens is 1. The van der Waals surface area contributed by atoms with E-state index < -0.39 is 5.82 Å². The highest BCUT2D eigenvalue weighted by molar-refractivity contribution is 5.81. The van der Waals surface area contributed by atoms with Crippen LogP contribution in [0.25, 0.3) is 0 Å². The average molecular weight is 327 g/mol. The lowest BCUT2D eigenvalue weighted by atomic mass is 10.0. The lowest BCUT2D eigenvalue weighted by molar-refractivity contribution is -0.117. The number of hydrogen-bond donors (Lipinski definition) is 0. The minimum atomic E-state index is -0.439. The van der Waals surface area contributed by atoms with Crippen molar-refractivity contribution in [3.05, 3.63) is 29.6 Å². The normalized spacial score (nSPS) is 30.4. The second kappa shape index (κ2) is 6.18. The van der Waals surface area contributed by atoms with Crippen molar-refractivity contribution in [2.75, 3.05) is 31.1 Å². The Morgan fingerprint density at radius 3 is 2.33 bits per heavy atom. The van der Waals surface area contributed by atoms with E-state index in [0.29, 0.717) is 23.7 Å². The Hall–Kier alpha value is -1.93. The lowest BCUT2D eigenvalue weighted by Crippen LogP contribution is -2.50. The van der Waals surface area contributed by atoms with Gasteiger partial charge in [0.2, 0.25) is 0 Å². The number of nitrogens with zero attached hydrogens (tertiary/aromatic N) is 3. The fourth-order valence-corrected chi connectivity index (χ4v) is 4.78. The first-order valence-electron chi connectivity index (χ1n) is 8.84. The molecule has 0 spiro atoms. The molecule has 5 heteroatoms. The van der Waals surface area contributed by atoms with Crippen molar-refractivity contribution in [3.8, 4) is 6.07 Å². The van der Waals surface area contributed by atoms with Gasteiger partial charge in [0.15, 0.2) is 0 Å². The van der Waals surface area contributed by atoms with Gasteiger partial charge in [0.25, 0.3) is 0 Å². The quantitative estimate of drug-likeness (QED) is 0.838. The smallest absolute Gasteiger partial charge is 0.143 e. The highest BCUT2D eigenvalue weighted by Crippen LogP contribution is 2.44. The molecule has 0 unspecified atom stereocenters. The van der Waals surface area contributed by atoms with Crippen LogP contribution in [0, 0.1) is 29.0 Å². The van der Waals surface area contributed by atoms with E-state index in [0.717, 1.165) is 44.7 Å². The van der Waals surface area contributed by atoms with Crippen molar-refractivity contribution < 1.29 is 9.18 Å². The number of nitriles is 1. The number of anilines is 1. The van der Waals surface area contributed by atoms with Crippen LogP contribution >= 0.6 is 0 Å². The number of piperazine rings is 1. The molecule has 0 bridgehead atoms. The van der Waals surface area contributed by atoms with Crippen LogP contribution in [0.4, 0.5) is 10.1 Å². The van der Waals surface area contributed by atoms with Crippen LogP contribution in [-0.4, -0.2) is 42.9 Å². The summed E-state index contributed by atoms with van der Waals surface area (Å²) in [4.78, 5) is 16.3. The lowest BCUT2D eigenvalue weighted by Gasteiger charge is -2.39. The zero-order chi connectivity index (χ0) is 16.7. The van der Waals surface area contributed by atoms with Gasteiger partial charge in [0, 0.05) is 50.7 Å². The standard InChI is InChI=1S/C19H22FN3O/c20-19-11-16(2-1-13(19)12-21)22-3-5-23(6-4-22)17-7-14-9-18(24)10-15(14)8-17/h1-2,11,14-15,17H,3-10H2/t14-,15+,17-. The number of carbonyl (C=O) groups is 1. The maximum atomic E-state index is 13.8. The molecule has 1 heterocycles. The van der Waals surface area contributed by atoms with Gasteiger partial charge in [-0.05, 0) is 42.9 Å². The molecule has 1 saturated heterocycles. The van der Waals surface area contributed by atoms with Gasteiger partial charge in [-0.1, -0.05) is 0 Å². The summed E-state index contributed by atoms with van der Waals surface area (Å²) >= 11 is 0. The van der Waals surface area contributed by atoms with E-state index in [2.05, 4.69) is 9.80 Å². The maximum Gasteiger partial charge on any atom is 0.143 e. The molecule has 3 atom stereocenters. The molecule has 4 rings (SSSR count). The summed E-state index contributed by atoms with van der Waals surface area (Å²) in [5, 5.41) is 8.83. The summed E-state index contributed by atoms with van der Waals surface area (Å²) in [6.45, 7) is 3.74. The van der Waals surface area contributed by atoms with E-state index in [-0.39, 0.29) is 5.56 Å². The molecule has 0 radical (unpaired) electrons. The van der Waals surface area contributed by atoms with Gasteiger partial charge in [0.05, 0.1) is 5.56 Å². The molecule has 3 aliphatic rings. The van der Waals surface area contributed by atoms with Crippen molar-refractivity contribution in [1.82, 2.24) is 4.90 Å². The molecule has 2 aliphatic carbocycles. The van der Waals surface area contributed by atoms with Crippen LogP contribution in [0.2, 0.25) is 0 Å². The summed E-state index contributed by atoms with van der Waals surface area (Å²) in [6.07, 6.45) is 3.93. The molecule has 3 fully saturated rings. The maximum absolute atomic E-state index is 13.8. The van der Waals surface area contributed by atoms with E-state index in [9.17, 15) is 9.18 Å². The molecule has 4 nitrogen and oxygen atoms in total. The molecular weight excluding hydrogens is 305 g/mol. The van der Waals surface area contributed by atoms with Gasteiger partial charge in [-0.3, -0.25) is 9.69 Å². The fourth-order valence-electron chi connectivity index (χ4n) is 4.78. The summed E-state index contributed by atoms with van der Waals surface area (Å²) in [5.41, 5.74) is 0.962. The topological polar surface area (TPSA) is 47.3 Å². The molecule has 1 aromatic carbocycles. The van der Waals surface area contributed by atoms with Gasteiger partial charge < -0.3 is 4.90 Å². The Morgan fingerprint density at radius 1 is 1.08 bits per heavy atom. The van der Waals surface area contributed by atoms with Crippen molar-refractivity contribution in [2.45, 2.75) is 31.7 Å². The van der Waals surface area contributed by atoms with Crippen molar-refractivity contribution in [3.63, 3.8) is 0 Å². The van der Waals surface area contributed by atoms with Crippen molar-refractivity contribution in [1.29, 1.82) is 5.26 Å². The van der Waals surface area contributed by atoms with Crippen LogP contribution < -0.4 is 4.90 Å². The van der Waals surface area contributed by atoms with Crippen LogP contribution in [0.3, 0.4) is 0 Å². The Kier molecular flexibility index (Phi) is 4.01. The molecule has 24 heavy (non-hydrogen) atoms. The summed E-state index contributed by atoms with van der Waals surface area (Å²) < 4.78 is 13.8. The van der Waals surface area contributed by atoms with Gasteiger partial charge in [-0.2, -0.15) is 5.26 Å². The van der Waals surface area contributed by atoms with Gasteiger partial charge in [-0.15, -0.1) is 0 Å². The number of Topliss-reactive ketones (excluding diaryl/α,β-unsaturated/α-hetero) is 1. The number of ketones is 1. The Labute approximate surface area is 141 Å².